The zero-order chi connectivity index (χ0) is 24.3. The van der Waals surface area contributed by atoms with Gasteiger partial charge in [0.1, 0.15) is 5.82 Å². The Bertz CT molecular complexity index is 1200. The maximum atomic E-state index is 14.0. The van der Waals surface area contributed by atoms with Gasteiger partial charge in [-0.1, -0.05) is 56.3 Å². The predicted molar refractivity (Wildman–Crippen MR) is 135 cm³/mol. The van der Waals surface area contributed by atoms with Gasteiger partial charge in [0.25, 0.3) is 0 Å². The fourth-order valence-corrected chi connectivity index (χ4v) is 5.98. The van der Waals surface area contributed by atoms with E-state index in [-0.39, 0.29) is 17.7 Å². The van der Waals surface area contributed by atoms with Gasteiger partial charge in [-0.2, -0.15) is 0 Å². The monoisotopic (exact) mass is 482 g/mol. The summed E-state index contributed by atoms with van der Waals surface area (Å²) < 4.78 is 26.4. The number of aromatic amines is 1. The number of H-pyrrole nitrogens is 1. The van der Waals surface area contributed by atoms with Crippen LogP contribution in [0.15, 0.2) is 54.6 Å². The average Bonchev–Trinajstić information content (AvgIpc) is 3.28. The highest BCUT2D eigenvalue weighted by Crippen LogP contribution is 2.38. The van der Waals surface area contributed by atoms with Gasteiger partial charge < -0.3 is 10.3 Å². The first-order valence-corrected chi connectivity index (χ1v) is 13.6. The number of carbonyl (C=O) groups excluding carboxylic acids is 1. The normalized spacial score (nSPS) is 17.6. The quantitative estimate of drug-likeness (QED) is 0.504. The fourth-order valence-electron chi connectivity index (χ4n) is 4.88. The molecule has 2 heterocycles. The summed E-state index contributed by atoms with van der Waals surface area (Å²) in [5, 5.41) is 3.30. The van der Waals surface area contributed by atoms with Gasteiger partial charge in [-0.05, 0) is 49.8 Å². The molecule has 4 rings (SSSR count). The number of piperidine rings is 1. The molecule has 1 aliphatic rings. The number of sulfonamides is 1. The molecule has 2 aromatic carbocycles. The lowest BCUT2D eigenvalue weighted by Crippen LogP contribution is -2.53. The molecule has 1 fully saturated rings. The van der Waals surface area contributed by atoms with Crippen molar-refractivity contribution in [3.63, 3.8) is 0 Å². The minimum Gasteiger partial charge on any atom is -0.345 e. The highest BCUT2D eigenvalue weighted by molar-refractivity contribution is 7.89. The molecule has 0 spiro atoms. The molecule has 34 heavy (non-hydrogen) atoms. The summed E-state index contributed by atoms with van der Waals surface area (Å²) in [5.74, 6) is 1.10. The third kappa shape index (κ3) is 4.88. The summed E-state index contributed by atoms with van der Waals surface area (Å²) >= 11 is 0. The molecule has 0 radical (unpaired) electrons. The number of amides is 1. The van der Waals surface area contributed by atoms with E-state index < -0.39 is 15.4 Å². The molecule has 1 saturated heterocycles. The maximum Gasteiger partial charge on any atom is 0.231 e. The van der Waals surface area contributed by atoms with Crippen molar-refractivity contribution in [3.8, 4) is 0 Å². The lowest BCUT2D eigenvalue weighted by molar-refractivity contribution is -0.129. The molecule has 2 N–H and O–H groups in total. The van der Waals surface area contributed by atoms with Crippen molar-refractivity contribution in [2.75, 3.05) is 18.8 Å². The molecule has 1 amide bonds. The number of carbonyl (C=O) groups is 1. The first-order valence-electron chi connectivity index (χ1n) is 12.0. The third-order valence-electron chi connectivity index (χ3n) is 6.85. The van der Waals surface area contributed by atoms with Crippen molar-refractivity contribution in [1.82, 2.24) is 19.6 Å². The van der Waals surface area contributed by atoms with Crippen LogP contribution in [0.2, 0.25) is 0 Å². The van der Waals surface area contributed by atoms with Crippen LogP contribution in [0.5, 0.6) is 0 Å². The van der Waals surface area contributed by atoms with Crippen molar-refractivity contribution >= 4 is 27.0 Å². The lowest BCUT2D eigenvalue weighted by atomic mass is 9.72. The van der Waals surface area contributed by atoms with Crippen molar-refractivity contribution in [3.05, 3.63) is 66.0 Å². The van der Waals surface area contributed by atoms with Gasteiger partial charge in [-0.25, -0.2) is 17.7 Å². The molecule has 0 aliphatic carbocycles. The average molecular weight is 483 g/mol. The number of para-hydroxylation sites is 2. The molecule has 0 unspecified atom stereocenters. The van der Waals surface area contributed by atoms with Gasteiger partial charge in [0.15, 0.2) is 0 Å². The number of hydrogen-bond acceptors (Lipinski definition) is 4. The van der Waals surface area contributed by atoms with Crippen molar-refractivity contribution in [2.24, 2.45) is 5.92 Å². The summed E-state index contributed by atoms with van der Waals surface area (Å²) in [7, 11) is -3.29. The second-order valence-corrected chi connectivity index (χ2v) is 11.8. The third-order valence-corrected chi connectivity index (χ3v) is 8.73. The largest absolute Gasteiger partial charge is 0.345 e. The van der Waals surface area contributed by atoms with Gasteiger partial charge in [-0.3, -0.25) is 4.79 Å². The Morgan fingerprint density at radius 1 is 1.09 bits per heavy atom. The van der Waals surface area contributed by atoms with Crippen LogP contribution < -0.4 is 5.32 Å². The predicted octanol–water partition coefficient (Wildman–Crippen LogP) is 4.15. The van der Waals surface area contributed by atoms with Crippen LogP contribution >= 0.6 is 0 Å². The van der Waals surface area contributed by atoms with E-state index in [2.05, 4.69) is 24.1 Å². The number of fused-ring (bicyclic) bond motifs is 1. The van der Waals surface area contributed by atoms with Crippen LogP contribution in [0.4, 0.5) is 0 Å². The Hall–Kier alpha value is -2.71. The van der Waals surface area contributed by atoms with Gasteiger partial charge in [0.05, 0.1) is 28.2 Å². The zero-order valence-electron chi connectivity index (χ0n) is 20.1. The van der Waals surface area contributed by atoms with E-state index in [9.17, 15) is 13.2 Å². The van der Waals surface area contributed by atoms with E-state index in [1.807, 2.05) is 54.6 Å². The Kier molecular flexibility index (Phi) is 7.09. The summed E-state index contributed by atoms with van der Waals surface area (Å²) in [6.07, 6.45) is 1.62. The number of imidazole rings is 1. The number of nitrogens with one attached hydrogen (secondary N) is 2. The van der Waals surface area contributed by atoms with Gasteiger partial charge in [0.2, 0.25) is 15.9 Å². The molecular weight excluding hydrogens is 448 g/mol. The number of aromatic nitrogens is 2. The Labute approximate surface area is 202 Å². The van der Waals surface area contributed by atoms with Crippen LogP contribution in [0.3, 0.4) is 0 Å². The van der Waals surface area contributed by atoms with Crippen LogP contribution in [0.25, 0.3) is 11.0 Å². The highest BCUT2D eigenvalue weighted by atomic mass is 32.2. The topological polar surface area (TPSA) is 95.2 Å². The first-order chi connectivity index (χ1) is 16.2. The van der Waals surface area contributed by atoms with Crippen LogP contribution in [-0.4, -0.2) is 47.4 Å². The number of nitrogens with zero attached hydrogens (tertiary/aromatic N) is 2. The van der Waals surface area contributed by atoms with Gasteiger partial charge in [-0.15, -0.1) is 0 Å². The number of benzene rings is 2. The lowest BCUT2D eigenvalue weighted by Gasteiger charge is -2.41. The second kappa shape index (κ2) is 9.88. The van der Waals surface area contributed by atoms with E-state index >= 15 is 0 Å². The van der Waals surface area contributed by atoms with Crippen LogP contribution in [0.1, 0.15) is 57.5 Å². The van der Waals surface area contributed by atoms with Gasteiger partial charge >= 0.3 is 0 Å². The SMILES string of the molecule is CCS(=O)(=O)N1CCC(C(=O)N[C@H](CC(C)C)c2nc3ccccc3[nH]2)(c2ccccc2)CC1. The van der Waals surface area contributed by atoms with Crippen molar-refractivity contribution in [1.29, 1.82) is 0 Å². The summed E-state index contributed by atoms with van der Waals surface area (Å²) in [6, 6.07) is 17.3. The van der Waals surface area contributed by atoms with Gasteiger partial charge in [0, 0.05) is 13.1 Å². The van der Waals surface area contributed by atoms with E-state index in [1.165, 1.54) is 4.31 Å². The second-order valence-electron chi connectivity index (χ2n) is 9.54. The Morgan fingerprint density at radius 2 is 1.74 bits per heavy atom. The smallest absolute Gasteiger partial charge is 0.231 e. The highest BCUT2D eigenvalue weighted by Gasteiger charge is 2.45. The van der Waals surface area contributed by atoms with Crippen molar-refractivity contribution < 1.29 is 13.2 Å². The van der Waals surface area contributed by atoms with E-state index in [0.717, 1.165) is 28.8 Å². The molecule has 1 aromatic heterocycles. The number of hydrogen-bond donors (Lipinski definition) is 2. The maximum absolute atomic E-state index is 14.0. The molecule has 3 aromatic rings. The standard InChI is InChI=1S/C26H34N4O3S/c1-4-34(32,33)30-16-14-26(15-17-30,20-10-6-5-7-11-20)25(31)29-23(18-19(2)3)24-27-21-12-8-9-13-22(21)28-24/h5-13,19,23H,4,14-18H2,1-3H3,(H,27,28)(H,29,31)/t23-/m1/s1. The van der Waals surface area contributed by atoms with E-state index in [1.54, 1.807) is 6.92 Å². The Balaban J connectivity index is 1.65. The molecule has 1 aliphatic heterocycles. The summed E-state index contributed by atoms with van der Waals surface area (Å²) in [6.45, 7) is 6.58. The number of rotatable bonds is 8. The van der Waals surface area contributed by atoms with Crippen LogP contribution in [0, 0.1) is 5.92 Å². The minimum atomic E-state index is -3.29. The molecule has 182 valence electrons. The molecule has 7 nitrogen and oxygen atoms in total. The van der Waals surface area contributed by atoms with E-state index in [4.69, 9.17) is 4.98 Å². The summed E-state index contributed by atoms with van der Waals surface area (Å²) in [5.41, 5.74) is 1.95. The molecule has 0 bridgehead atoms. The zero-order valence-corrected chi connectivity index (χ0v) is 20.9. The molecular formula is C26H34N4O3S. The van der Waals surface area contributed by atoms with Crippen LogP contribution in [-0.2, 0) is 20.2 Å². The minimum absolute atomic E-state index is 0.0695. The van der Waals surface area contributed by atoms with Crippen molar-refractivity contribution in [2.45, 2.75) is 51.5 Å². The molecule has 0 saturated carbocycles. The first kappa shape index (κ1) is 24.4. The Morgan fingerprint density at radius 3 is 2.35 bits per heavy atom. The molecule has 1 atom stereocenters. The fraction of sp³-hybridized carbons (Fsp3) is 0.462. The molecule has 8 heteroatoms. The summed E-state index contributed by atoms with van der Waals surface area (Å²) in [4.78, 5) is 22.1. The van der Waals surface area contributed by atoms with E-state index in [0.29, 0.717) is 31.8 Å².